The van der Waals surface area contributed by atoms with E-state index in [1.54, 1.807) is 6.07 Å². The second-order valence-electron chi connectivity index (χ2n) is 5.98. The number of hydrogen-bond donors (Lipinski definition) is 1. The first-order chi connectivity index (χ1) is 10.6. The van der Waals surface area contributed by atoms with Gasteiger partial charge in [-0.05, 0) is 41.0 Å². The molecular weight excluding hydrogens is 270 g/mol. The first-order valence-electron chi connectivity index (χ1n) is 7.52. The molecule has 0 bridgehead atoms. The number of fused-ring (bicyclic) bond motifs is 1. The quantitative estimate of drug-likeness (QED) is 0.767. The molecule has 3 aromatic carbocycles. The van der Waals surface area contributed by atoms with E-state index in [9.17, 15) is 5.11 Å². The van der Waals surface area contributed by atoms with Gasteiger partial charge in [0.2, 0.25) is 0 Å². The molecule has 0 fully saturated rings. The van der Waals surface area contributed by atoms with Crippen LogP contribution >= 0.6 is 0 Å². The molecule has 0 aromatic heterocycles. The summed E-state index contributed by atoms with van der Waals surface area (Å²) in [6, 6.07) is 18.5. The molecule has 3 aromatic rings. The predicted octanol–water partition coefficient (Wildman–Crippen LogP) is 4.51. The number of aromatic hydroxyl groups is 1. The van der Waals surface area contributed by atoms with E-state index in [-0.39, 0.29) is 0 Å². The number of phenols is 1. The van der Waals surface area contributed by atoms with Gasteiger partial charge in [0.1, 0.15) is 5.75 Å². The van der Waals surface area contributed by atoms with Gasteiger partial charge in [-0.15, -0.1) is 0 Å². The van der Waals surface area contributed by atoms with Gasteiger partial charge in [-0.2, -0.15) is 0 Å². The maximum atomic E-state index is 10.3. The lowest BCUT2D eigenvalue weighted by Crippen LogP contribution is -2.10. The minimum absolute atomic E-state index is 0.369. The Balaban J connectivity index is 2.03. The first-order valence-corrected chi connectivity index (χ1v) is 7.52. The molecule has 0 radical (unpaired) electrons. The van der Waals surface area contributed by atoms with Gasteiger partial charge in [-0.25, -0.2) is 0 Å². The van der Waals surface area contributed by atoms with Gasteiger partial charge in [-0.1, -0.05) is 42.5 Å². The van der Waals surface area contributed by atoms with E-state index in [4.69, 9.17) is 0 Å². The number of anilines is 1. The summed E-state index contributed by atoms with van der Waals surface area (Å²) in [7, 11) is 4.11. The van der Waals surface area contributed by atoms with Gasteiger partial charge in [0.15, 0.2) is 0 Å². The Kier molecular flexibility index (Phi) is 3.76. The average Bonchev–Trinajstić information content (AvgIpc) is 2.50. The molecule has 0 atom stereocenters. The summed E-state index contributed by atoms with van der Waals surface area (Å²) < 4.78 is 0. The highest BCUT2D eigenvalue weighted by molar-refractivity contribution is 5.88. The highest BCUT2D eigenvalue weighted by Gasteiger charge is 2.09. The molecule has 2 nitrogen and oxygen atoms in total. The Morgan fingerprint density at radius 3 is 2.45 bits per heavy atom. The Bertz CT molecular complexity index is 821. The third kappa shape index (κ3) is 2.64. The van der Waals surface area contributed by atoms with Crippen molar-refractivity contribution in [3.8, 4) is 5.75 Å². The maximum absolute atomic E-state index is 10.3. The molecule has 2 heteroatoms. The zero-order chi connectivity index (χ0) is 15.7. The van der Waals surface area contributed by atoms with Crippen LogP contribution in [0, 0.1) is 6.92 Å². The summed E-state index contributed by atoms with van der Waals surface area (Å²) in [6.45, 7) is 2.13. The minimum Gasteiger partial charge on any atom is -0.508 e. The average molecular weight is 291 g/mol. The van der Waals surface area contributed by atoms with E-state index in [0.717, 1.165) is 22.8 Å². The molecule has 0 saturated carbocycles. The van der Waals surface area contributed by atoms with Gasteiger partial charge >= 0.3 is 0 Å². The lowest BCUT2D eigenvalue weighted by Gasteiger charge is -2.17. The largest absolute Gasteiger partial charge is 0.508 e. The molecule has 0 aliphatic rings. The molecule has 112 valence electrons. The van der Waals surface area contributed by atoms with Crippen molar-refractivity contribution in [2.75, 3.05) is 19.0 Å². The first kappa shape index (κ1) is 14.5. The van der Waals surface area contributed by atoms with Crippen LogP contribution in [0.4, 0.5) is 5.69 Å². The van der Waals surface area contributed by atoms with Crippen LogP contribution in [-0.4, -0.2) is 19.2 Å². The summed E-state index contributed by atoms with van der Waals surface area (Å²) in [5.74, 6) is 0.369. The Morgan fingerprint density at radius 1 is 0.955 bits per heavy atom. The predicted molar refractivity (Wildman–Crippen MR) is 93.9 cm³/mol. The van der Waals surface area contributed by atoms with Crippen LogP contribution in [-0.2, 0) is 6.42 Å². The van der Waals surface area contributed by atoms with E-state index < -0.39 is 0 Å². The van der Waals surface area contributed by atoms with Crippen molar-refractivity contribution < 1.29 is 5.11 Å². The molecule has 1 N–H and O–H groups in total. The fourth-order valence-corrected chi connectivity index (χ4v) is 3.04. The van der Waals surface area contributed by atoms with E-state index in [0.29, 0.717) is 5.75 Å². The number of nitrogens with zero attached hydrogens (tertiary/aromatic N) is 1. The summed E-state index contributed by atoms with van der Waals surface area (Å²) >= 11 is 0. The molecular formula is C20H21NO. The highest BCUT2D eigenvalue weighted by atomic mass is 16.3. The number of phenolic OH excluding ortho intramolecular Hbond substituents is 1. The third-order valence-electron chi connectivity index (χ3n) is 4.14. The smallest absolute Gasteiger partial charge is 0.119 e. The Morgan fingerprint density at radius 2 is 1.73 bits per heavy atom. The van der Waals surface area contributed by atoms with Crippen molar-refractivity contribution in [2.24, 2.45) is 0 Å². The SMILES string of the molecule is Cc1cc(Cc2c(O)ccc3ccccc23)ccc1N(C)C. The van der Waals surface area contributed by atoms with Crippen molar-refractivity contribution in [1.29, 1.82) is 0 Å². The fraction of sp³-hybridized carbons (Fsp3) is 0.200. The lowest BCUT2D eigenvalue weighted by molar-refractivity contribution is 0.470. The van der Waals surface area contributed by atoms with E-state index in [2.05, 4.69) is 56.3 Å². The monoisotopic (exact) mass is 291 g/mol. The van der Waals surface area contributed by atoms with Gasteiger partial charge in [0.05, 0.1) is 0 Å². The summed E-state index contributed by atoms with van der Waals surface area (Å²) in [6.07, 6.45) is 0.738. The molecule has 0 saturated heterocycles. The van der Waals surface area contributed by atoms with Gasteiger partial charge < -0.3 is 10.0 Å². The van der Waals surface area contributed by atoms with Crippen LogP contribution < -0.4 is 4.90 Å². The fourth-order valence-electron chi connectivity index (χ4n) is 3.04. The van der Waals surface area contributed by atoms with Crippen molar-refractivity contribution >= 4 is 16.5 Å². The number of aryl methyl sites for hydroxylation is 1. The molecule has 0 aliphatic carbocycles. The second-order valence-corrected chi connectivity index (χ2v) is 5.98. The van der Waals surface area contributed by atoms with Crippen LogP contribution in [0.1, 0.15) is 16.7 Å². The summed E-state index contributed by atoms with van der Waals surface area (Å²) in [5.41, 5.74) is 4.69. The van der Waals surface area contributed by atoms with Gasteiger partial charge in [0.25, 0.3) is 0 Å². The molecule has 3 rings (SSSR count). The lowest BCUT2D eigenvalue weighted by atomic mass is 9.96. The second kappa shape index (κ2) is 5.72. The summed E-state index contributed by atoms with van der Waals surface area (Å²) in [4.78, 5) is 2.12. The van der Waals surface area contributed by atoms with Crippen molar-refractivity contribution in [3.05, 3.63) is 71.3 Å². The molecule has 0 aliphatic heterocycles. The Hall–Kier alpha value is -2.48. The van der Waals surface area contributed by atoms with Crippen LogP contribution in [0.5, 0.6) is 5.75 Å². The van der Waals surface area contributed by atoms with E-state index in [1.165, 1.54) is 16.8 Å². The van der Waals surface area contributed by atoms with Gasteiger partial charge in [-0.3, -0.25) is 0 Å². The molecule has 0 amide bonds. The third-order valence-corrected chi connectivity index (χ3v) is 4.14. The standard InChI is InChI=1S/C20H21NO/c1-14-12-15(8-10-19(14)21(2)3)13-18-17-7-5-4-6-16(17)9-11-20(18)22/h4-12,22H,13H2,1-3H3. The highest BCUT2D eigenvalue weighted by Crippen LogP contribution is 2.30. The number of rotatable bonds is 3. The van der Waals surface area contributed by atoms with E-state index >= 15 is 0 Å². The van der Waals surface area contributed by atoms with E-state index in [1.807, 2.05) is 18.2 Å². The van der Waals surface area contributed by atoms with Gasteiger partial charge in [0, 0.05) is 31.8 Å². The van der Waals surface area contributed by atoms with Crippen LogP contribution in [0.25, 0.3) is 10.8 Å². The molecule has 0 unspecified atom stereocenters. The molecule has 0 heterocycles. The van der Waals surface area contributed by atoms with Crippen LogP contribution in [0.3, 0.4) is 0 Å². The Labute approximate surface area is 131 Å². The molecule has 22 heavy (non-hydrogen) atoms. The number of hydrogen-bond acceptors (Lipinski definition) is 2. The minimum atomic E-state index is 0.369. The van der Waals surface area contributed by atoms with Crippen molar-refractivity contribution in [2.45, 2.75) is 13.3 Å². The van der Waals surface area contributed by atoms with Crippen LogP contribution in [0.2, 0.25) is 0 Å². The normalized spacial score (nSPS) is 10.9. The van der Waals surface area contributed by atoms with Crippen molar-refractivity contribution in [3.63, 3.8) is 0 Å². The van der Waals surface area contributed by atoms with Crippen molar-refractivity contribution in [1.82, 2.24) is 0 Å². The zero-order valence-electron chi connectivity index (χ0n) is 13.3. The molecule has 0 spiro atoms. The topological polar surface area (TPSA) is 23.5 Å². The van der Waals surface area contributed by atoms with Crippen LogP contribution in [0.15, 0.2) is 54.6 Å². The zero-order valence-corrected chi connectivity index (χ0v) is 13.3. The summed E-state index contributed by atoms with van der Waals surface area (Å²) in [5, 5.41) is 12.6. The number of benzene rings is 3. The maximum Gasteiger partial charge on any atom is 0.119 e.